The SMILES string of the molecule is N#CCC1(CSC(Cc2ccccc2)C(=O)O)CC1. The van der Waals surface area contributed by atoms with E-state index < -0.39 is 11.2 Å². The van der Waals surface area contributed by atoms with E-state index in [4.69, 9.17) is 5.26 Å². The van der Waals surface area contributed by atoms with Crippen molar-refractivity contribution in [2.24, 2.45) is 5.41 Å². The standard InChI is InChI=1S/C15H17NO2S/c16-9-8-15(6-7-15)11-19-13(14(17)18)10-12-4-2-1-3-5-12/h1-5,13H,6-8,10-11H2,(H,17,18). The van der Waals surface area contributed by atoms with E-state index in [-0.39, 0.29) is 5.41 Å². The number of hydrogen-bond donors (Lipinski definition) is 1. The average molecular weight is 275 g/mol. The van der Waals surface area contributed by atoms with Crippen LogP contribution >= 0.6 is 11.8 Å². The monoisotopic (exact) mass is 275 g/mol. The first-order valence-corrected chi connectivity index (χ1v) is 7.45. The van der Waals surface area contributed by atoms with Crippen molar-refractivity contribution in [3.8, 4) is 6.07 Å². The molecule has 4 heteroatoms. The molecular formula is C15H17NO2S. The minimum absolute atomic E-state index is 0.101. The van der Waals surface area contributed by atoms with Crippen LogP contribution in [0.1, 0.15) is 24.8 Å². The third-order valence-electron chi connectivity index (χ3n) is 3.54. The third kappa shape index (κ3) is 4.00. The van der Waals surface area contributed by atoms with Crippen LogP contribution in [0.25, 0.3) is 0 Å². The van der Waals surface area contributed by atoms with E-state index >= 15 is 0 Å². The van der Waals surface area contributed by atoms with Crippen LogP contribution in [0.15, 0.2) is 30.3 Å². The van der Waals surface area contributed by atoms with Gasteiger partial charge in [-0.25, -0.2) is 0 Å². The molecule has 1 unspecified atom stereocenters. The second kappa shape index (κ2) is 6.12. The summed E-state index contributed by atoms with van der Waals surface area (Å²) in [6, 6.07) is 11.9. The van der Waals surface area contributed by atoms with Crippen LogP contribution in [0, 0.1) is 16.7 Å². The number of thioether (sulfide) groups is 1. The van der Waals surface area contributed by atoms with Crippen molar-refractivity contribution in [3.05, 3.63) is 35.9 Å². The van der Waals surface area contributed by atoms with Crippen LogP contribution in [-0.2, 0) is 11.2 Å². The first kappa shape index (κ1) is 14.0. The van der Waals surface area contributed by atoms with Gasteiger partial charge in [0.2, 0.25) is 0 Å². The van der Waals surface area contributed by atoms with Crippen molar-refractivity contribution in [3.63, 3.8) is 0 Å². The van der Waals surface area contributed by atoms with Crippen molar-refractivity contribution in [1.29, 1.82) is 5.26 Å². The Morgan fingerprint density at radius 1 is 1.42 bits per heavy atom. The number of hydrogen-bond acceptors (Lipinski definition) is 3. The quantitative estimate of drug-likeness (QED) is 0.830. The Labute approximate surface area is 117 Å². The number of rotatable bonds is 7. The molecule has 100 valence electrons. The summed E-state index contributed by atoms with van der Waals surface area (Å²) in [4.78, 5) is 11.3. The predicted octanol–water partition coefficient (Wildman–Crippen LogP) is 3.11. The van der Waals surface area contributed by atoms with E-state index in [1.165, 1.54) is 11.8 Å². The number of nitrogens with zero attached hydrogens (tertiary/aromatic N) is 1. The van der Waals surface area contributed by atoms with Crippen LogP contribution < -0.4 is 0 Å². The van der Waals surface area contributed by atoms with Crippen LogP contribution in [0.2, 0.25) is 0 Å². The molecular weight excluding hydrogens is 258 g/mol. The van der Waals surface area contributed by atoms with E-state index in [9.17, 15) is 9.90 Å². The molecule has 1 N–H and O–H groups in total. The molecule has 0 radical (unpaired) electrons. The van der Waals surface area contributed by atoms with Crippen LogP contribution in [-0.4, -0.2) is 22.1 Å². The highest BCUT2D eigenvalue weighted by Crippen LogP contribution is 2.51. The Balaban J connectivity index is 1.91. The van der Waals surface area contributed by atoms with E-state index in [1.807, 2.05) is 30.3 Å². The van der Waals surface area contributed by atoms with Crippen LogP contribution in [0.3, 0.4) is 0 Å². The van der Waals surface area contributed by atoms with Gasteiger partial charge in [0.1, 0.15) is 5.25 Å². The maximum atomic E-state index is 11.3. The zero-order valence-electron chi connectivity index (χ0n) is 10.7. The molecule has 1 fully saturated rings. The maximum Gasteiger partial charge on any atom is 0.316 e. The summed E-state index contributed by atoms with van der Waals surface area (Å²) in [5, 5.41) is 17.7. The first-order chi connectivity index (χ1) is 9.15. The lowest BCUT2D eigenvalue weighted by Crippen LogP contribution is -2.21. The van der Waals surface area contributed by atoms with Gasteiger partial charge in [0.25, 0.3) is 0 Å². The summed E-state index contributed by atoms with van der Waals surface area (Å²) in [5.74, 6) is 0.0197. The summed E-state index contributed by atoms with van der Waals surface area (Å²) in [5.41, 5.74) is 1.15. The Hall–Kier alpha value is -1.47. The molecule has 0 aromatic heterocycles. The Morgan fingerprint density at radius 2 is 2.11 bits per heavy atom. The molecule has 1 atom stereocenters. The third-order valence-corrected chi connectivity index (χ3v) is 5.09. The fourth-order valence-electron chi connectivity index (χ4n) is 2.04. The molecule has 1 aliphatic rings. The van der Waals surface area contributed by atoms with Gasteiger partial charge in [-0.15, -0.1) is 11.8 Å². The molecule has 1 aromatic rings. The zero-order valence-corrected chi connectivity index (χ0v) is 11.5. The molecule has 19 heavy (non-hydrogen) atoms. The molecule has 3 nitrogen and oxygen atoms in total. The highest BCUT2D eigenvalue weighted by Gasteiger charge is 2.43. The summed E-state index contributed by atoms with van der Waals surface area (Å²) in [6.07, 6.45) is 3.22. The van der Waals surface area contributed by atoms with Gasteiger partial charge in [-0.05, 0) is 30.2 Å². The van der Waals surface area contributed by atoms with Crippen LogP contribution in [0.5, 0.6) is 0 Å². The van der Waals surface area contributed by atoms with Gasteiger partial charge >= 0.3 is 5.97 Å². The molecule has 0 aliphatic heterocycles. The van der Waals surface area contributed by atoms with Crippen LogP contribution in [0.4, 0.5) is 0 Å². The summed E-state index contributed by atoms with van der Waals surface area (Å²) in [7, 11) is 0. The first-order valence-electron chi connectivity index (χ1n) is 6.40. The second-order valence-corrected chi connectivity index (χ2v) is 6.35. The predicted molar refractivity (Wildman–Crippen MR) is 75.9 cm³/mol. The maximum absolute atomic E-state index is 11.3. The van der Waals surface area contributed by atoms with E-state index in [2.05, 4.69) is 6.07 Å². The molecule has 0 bridgehead atoms. The van der Waals surface area contributed by atoms with E-state index in [0.29, 0.717) is 12.8 Å². The molecule has 1 aromatic carbocycles. The number of aliphatic carboxylic acids is 1. The number of carboxylic acid groups (broad SMARTS) is 1. The van der Waals surface area contributed by atoms with E-state index in [1.54, 1.807) is 0 Å². The lowest BCUT2D eigenvalue weighted by Gasteiger charge is -2.16. The molecule has 0 amide bonds. The average Bonchev–Trinajstić information content (AvgIpc) is 3.16. The Bertz CT molecular complexity index is 477. The second-order valence-electron chi connectivity index (χ2n) is 5.16. The largest absolute Gasteiger partial charge is 0.480 e. The lowest BCUT2D eigenvalue weighted by molar-refractivity contribution is -0.136. The van der Waals surface area contributed by atoms with Crippen molar-refractivity contribution >= 4 is 17.7 Å². The van der Waals surface area contributed by atoms with E-state index in [0.717, 1.165) is 24.2 Å². The number of nitriles is 1. The fraction of sp³-hybridized carbons (Fsp3) is 0.467. The number of benzene rings is 1. The number of carboxylic acids is 1. The molecule has 0 heterocycles. The number of carbonyl (C=O) groups is 1. The Morgan fingerprint density at radius 3 is 2.63 bits per heavy atom. The van der Waals surface area contributed by atoms with Gasteiger partial charge in [0, 0.05) is 12.2 Å². The summed E-state index contributed by atoms with van der Waals surface area (Å²) < 4.78 is 0. The fourth-order valence-corrected chi connectivity index (χ4v) is 3.44. The topological polar surface area (TPSA) is 61.1 Å². The highest BCUT2D eigenvalue weighted by molar-refractivity contribution is 8.00. The van der Waals surface area contributed by atoms with Crippen molar-refractivity contribution in [1.82, 2.24) is 0 Å². The van der Waals surface area contributed by atoms with Gasteiger partial charge in [-0.2, -0.15) is 5.26 Å². The molecule has 1 aliphatic carbocycles. The summed E-state index contributed by atoms with van der Waals surface area (Å²) >= 11 is 1.48. The lowest BCUT2D eigenvalue weighted by atomic mass is 10.1. The zero-order chi connectivity index (χ0) is 13.7. The molecule has 0 saturated heterocycles. The molecule has 1 saturated carbocycles. The van der Waals surface area contributed by atoms with Gasteiger partial charge in [-0.3, -0.25) is 4.79 Å². The summed E-state index contributed by atoms with van der Waals surface area (Å²) in [6.45, 7) is 0. The van der Waals surface area contributed by atoms with Crippen molar-refractivity contribution in [2.75, 3.05) is 5.75 Å². The Kier molecular flexibility index (Phi) is 4.49. The van der Waals surface area contributed by atoms with Gasteiger partial charge in [-0.1, -0.05) is 30.3 Å². The van der Waals surface area contributed by atoms with Gasteiger partial charge < -0.3 is 5.11 Å². The minimum Gasteiger partial charge on any atom is -0.480 e. The van der Waals surface area contributed by atoms with Crippen molar-refractivity contribution < 1.29 is 9.90 Å². The normalized spacial score (nSPS) is 17.4. The molecule has 2 rings (SSSR count). The smallest absolute Gasteiger partial charge is 0.316 e. The minimum atomic E-state index is -0.762. The van der Waals surface area contributed by atoms with Gasteiger partial charge in [0.15, 0.2) is 0 Å². The van der Waals surface area contributed by atoms with Gasteiger partial charge in [0.05, 0.1) is 6.07 Å². The van der Waals surface area contributed by atoms with Crippen molar-refractivity contribution in [2.45, 2.75) is 30.9 Å². The highest BCUT2D eigenvalue weighted by atomic mass is 32.2. The molecule has 0 spiro atoms.